The van der Waals surface area contributed by atoms with Gasteiger partial charge in [-0.25, -0.2) is 4.79 Å². The first-order valence-corrected chi connectivity index (χ1v) is 6.67. The molecule has 8 heteroatoms. The summed E-state index contributed by atoms with van der Waals surface area (Å²) in [5.74, 6) is -2.46. The van der Waals surface area contributed by atoms with Crippen LogP contribution < -0.4 is 0 Å². The number of hydrogen-bond acceptors (Lipinski definition) is 7. The Hall–Kier alpha value is -2.12. The van der Waals surface area contributed by atoms with Crippen LogP contribution in [0.3, 0.4) is 0 Å². The second-order valence-corrected chi connectivity index (χ2v) is 5.24. The van der Waals surface area contributed by atoms with Crippen LogP contribution in [0.2, 0.25) is 0 Å². The lowest BCUT2D eigenvalue weighted by atomic mass is 10.2. The molecule has 0 aliphatic carbocycles. The van der Waals surface area contributed by atoms with Crippen molar-refractivity contribution in [1.29, 1.82) is 0 Å². The molecule has 0 bridgehead atoms. The van der Waals surface area contributed by atoms with Gasteiger partial charge < -0.3 is 9.47 Å². The van der Waals surface area contributed by atoms with Crippen LogP contribution in [0.15, 0.2) is 0 Å². The number of nitrogens with zero attached hydrogens (tertiary/aromatic N) is 1. The Morgan fingerprint density at radius 3 is 1.95 bits per heavy atom. The Morgan fingerprint density at radius 2 is 1.52 bits per heavy atom. The first-order chi connectivity index (χ1) is 9.72. The zero-order chi connectivity index (χ0) is 16.2. The fraction of sp³-hybridized carbons (Fsp3) is 0.692. The SMILES string of the molecule is CC(C)C(=O)O[C@H](OC(=O)ON1C(=O)CCC1=O)C(C)C. The Kier molecular flexibility index (Phi) is 5.69. The first-order valence-electron chi connectivity index (χ1n) is 6.67. The van der Waals surface area contributed by atoms with Crippen molar-refractivity contribution < 1.29 is 33.5 Å². The quantitative estimate of drug-likeness (QED) is 0.429. The Morgan fingerprint density at radius 1 is 1.00 bits per heavy atom. The molecule has 2 amide bonds. The van der Waals surface area contributed by atoms with E-state index < -0.39 is 30.2 Å². The molecule has 0 aromatic rings. The summed E-state index contributed by atoms with van der Waals surface area (Å²) in [7, 11) is 0. The summed E-state index contributed by atoms with van der Waals surface area (Å²) in [6.07, 6.45) is -2.45. The third kappa shape index (κ3) is 4.73. The number of ether oxygens (including phenoxy) is 2. The van der Waals surface area contributed by atoms with Crippen LogP contribution in [0.25, 0.3) is 0 Å². The maximum Gasteiger partial charge on any atom is 0.537 e. The largest absolute Gasteiger partial charge is 0.537 e. The molecule has 8 nitrogen and oxygen atoms in total. The minimum absolute atomic E-state index is 0.0118. The molecule has 0 unspecified atom stereocenters. The van der Waals surface area contributed by atoms with Crippen LogP contribution >= 0.6 is 0 Å². The highest BCUT2D eigenvalue weighted by atomic mass is 16.9. The molecule has 1 aliphatic heterocycles. The maximum absolute atomic E-state index is 11.6. The average molecular weight is 301 g/mol. The predicted octanol–water partition coefficient (Wildman–Crippen LogP) is 1.38. The predicted molar refractivity (Wildman–Crippen MR) is 68.2 cm³/mol. The second kappa shape index (κ2) is 7.05. The van der Waals surface area contributed by atoms with E-state index in [4.69, 9.17) is 9.47 Å². The van der Waals surface area contributed by atoms with Crippen molar-refractivity contribution in [3.63, 3.8) is 0 Å². The number of hydroxylamine groups is 2. The maximum atomic E-state index is 11.6. The number of hydrogen-bond donors (Lipinski definition) is 0. The number of carbonyl (C=O) groups is 4. The van der Waals surface area contributed by atoms with Gasteiger partial charge in [0.1, 0.15) is 0 Å². The van der Waals surface area contributed by atoms with E-state index in [1.807, 2.05) is 0 Å². The average Bonchev–Trinajstić information content (AvgIpc) is 2.69. The summed E-state index contributed by atoms with van der Waals surface area (Å²) in [5.41, 5.74) is 0. The summed E-state index contributed by atoms with van der Waals surface area (Å²) in [5, 5.41) is 0.365. The van der Waals surface area contributed by atoms with E-state index in [1.54, 1.807) is 27.7 Å². The van der Waals surface area contributed by atoms with Crippen LogP contribution in [-0.4, -0.2) is 35.3 Å². The third-order valence-electron chi connectivity index (χ3n) is 2.63. The summed E-state index contributed by atoms with van der Waals surface area (Å²) < 4.78 is 9.85. The lowest BCUT2D eigenvalue weighted by Crippen LogP contribution is -2.36. The van der Waals surface area contributed by atoms with Gasteiger partial charge in [0.15, 0.2) is 0 Å². The van der Waals surface area contributed by atoms with Crippen molar-refractivity contribution in [2.24, 2.45) is 11.8 Å². The molecule has 1 rings (SSSR count). The van der Waals surface area contributed by atoms with Crippen LogP contribution in [0, 0.1) is 11.8 Å². The number of rotatable bonds is 5. The fourth-order valence-electron chi connectivity index (χ4n) is 1.40. The molecule has 0 N–H and O–H groups in total. The molecule has 0 spiro atoms. The second-order valence-electron chi connectivity index (χ2n) is 5.24. The highest BCUT2D eigenvalue weighted by molar-refractivity contribution is 6.01. The van der Waals surface area contributed by atoms with Gasteiger partial charge >= 0.3 is 12.1 Å². The van der Waals surface area contributed by atoms with Gasteiger partial charge in [0, 0.05) is 18.8 Å². The molecule has 21 heavy (non-hydrogen) atoms. The molecule has 118 valence electrons. The third-order valence-corrected chi connectivity index (χ3v) is 2.63. The molecule has 0 radical (unpaired) electrons. The molecular formula is C13H19NO7. The van der Waals surface area contributed by atoms with E-state index in [-0.39, 0.29) is 24.7 Å². The van der Waals surface area contributed by atoms with E-state index in [0.29, 0.717) is 5.06 Å². The number of esters is 1. The minimum Gasteiger partial charge on any atom is -0.425 e. The fourth-order valence-corrected chi connectivity index (χ4v) is 1.40. The van der Waals surface area contributed by atoms with E-state index in [1.165, 1.54) is 0 Å². The molecule has 0 aromatic heterocycles. The first kappa shape index (κ1) is 16.9. The van der Waals surface area contributed by atoms with Crippen molar-refractivity contribution in [2.45, 2.75) is 46.8 Å². The smallest absolute Gasteiger partial charge is 0.425 e. The van der Waals surface area contributed by atoms with Crippen molar-refractivity contribution >= 4 is 23.9 Å². The normalized spacial score (nSPS) is 16.4. The number of imide groups is 1. The molecule has 1 aliphatic rings. The van der Waals surface area contributed by atoms with Gasteiger partial charge in [-0.3, -0.25) is 19.2 Å². The lowest BCUT2D eigenvalue weighted by Gasteiger charge is -2.22. The van der Waals surface area contributed by atoms with Gasteiger partial charge in [-0.05, 0) is 0 Å². The van der Waals surface area contributed by atoms with Crippen LogP contribution in [0.1, 0.15) is 40.5 Å². The van der Waals surface area contributed by atoms with Gasteiger partial charge in [-0.15, -0.1) is 0 Å². The summed E-state index contributed by atoms with van der Waals surface area (Å²) in [4.78, 5) is 50.2. The molecule has 1 atom stereocenters. The number of carbonyl (C=O) groups excluding carboxylic acids is 4. The van der Waals surface area contributed by atoms with Crippen molar-refractivity contribution in [3.05, 3.63) is 0 Å². The molecule has 1 saturated heterocycles. The van der Waals surface area contributed by atoms with Gasteiger partial charge in [0.05, 0.1) is 5.92 Å². The zero-order valence-electron chi connectivity index (χ0n) is 12.5. The Balaban J connectivity index is 2.58. The highest BCUT2D eigenvalue weighted by Crippen LogP contribution is 2.16. The molecule has 1 fully saturated rings. The topological polar surface area (TPSA) is 99.2 Å². The van der Waals surface area contributed by atoms with Crippen molar-refractivity contribution in [2.75, 3.05) is 0 Å². The van der Waals surface area contributed by atoms with Gasteiger partial charge in [0.25, 0.3) is 18.1 Å². The van der Waals surface area contributed by atoms with E-state index in [9.17, 15) is 19.2 Å². The monoisotopic (exact) mass is 301 g/mol. The van der Waals surface area contributed by atoms with Crippen LogP contribution in [-0.2, 0) is 28.7 Å². The lowest BCUT2D eigenvalue weighted by molar-refractivity contribution is -0.200. The molecular weight excluding hydrogens is 282 g/mol. The summed E-state index contributed by atoms with van der Waals surface area (Å²) in [6.45, 7) is 6.63. The van der Waals surface area contributed by atoms with Crippen molar-refractivity contribution in [3.8, 4) is 0 Å². The molecule has 1 heterocycles. The molecule has 0 aromatic carbocycles. The standard InChI is InChI=1S/C13H19NO7/c1-7(2)11(17)19-12(8(3)4)20-13(18)21-14-9(15)5-6-10(14)16/h7-8,12H,5-6H2,1-4H3/t12-/m1/s1. The Bertz CT molecular complexity index is 428. The van der Waals surface area contributed by atoms with Gasteiger partial charge in [-0.2, -0.15) is 0 Å². The summed E-state index contributed by atoms with van der Waals surface area (Å²) >= 11 is 0. The van der Waals surface area contributed by atoms with Crippen LogP contribution in [0.5, 0.6) is 0 Å². The van der Waals surface area contributed by atoms with E-state index >= 15 is 0 Å². The molecule has 0 saturated carbocycles. The minimum atomic E-state index is -1.27. The Labute approximate surface area is 122 Å². The zero-order valence-corrected chi connectivity index (χ0v) is 12.5. The van der Waals surface area contributed by atoms with E-state index in [2.05, 4.69) is 4.84 Å². The van der Waals surface area contributed by atoms with E-state index in [0.717, 1.165) is 0 Å². The number of amides is 2. The van der Waals surface area contributed by atoms with Crippen molar-refractivity contribution in [1.82, 2.24) is 5.06 Å². The van der Waals surface area contributed by atoms with Gasteiger partial charge in [-0.1, -0.05) is 32.8 Å². The summed E-state index contributed by atoms with van der Waals surface area (Å²) in [6, 6.07) is 0. The highest BCUT2D eigenvalue weighted by Gasteiger charge is 2.35. The van der Waals surface area contributed by atoms with Crippen LogP contribution in [0.4, 0.5) is 4.79 Å². The van der Waals surface area contributed by atoms with Gasteiger partial charge in [0.2, 0.25) is 0 Å².